The Balaban J connectivity index is 1.68. The van der Waals surface area contributed by atoms with E-state index in [9.17, 15) is 24.3 Å². The number of nitrogens with one attached hydrogen (secondary N) is 1. The third-order valence-corrected chi connectivity index (χ3v) is 12.5. The molecule has 2 N–H and O–H groups in total. The van der Waals surface area contributed by atoms with Crippen LogP contribution >= 0.6 is 0 Å². The minimum absolute atomic E-state index is 0.0352. The third kappa shape index (κ3) is 11.8. The number of esters is 2. The Kier molecular flexibility index (Phi) is 17.0. The van der Waals surface area contributed by atoms with Crippen LogP contribution < -0.4 is 5.32 Å². The van der Waals surface area contributed by atoms with Gasteiger partial charge in [-0.1, -0.05) is 38.0 Å². The lowest BCUT2D eigenvalue weighted by molar-refractivity contribution is -0.298. The fraction of sp³-hybridized carbons (Fsp3) is 0.674. The molecule has 2 aromatic heterocycles. The number of ketones is 1. The standard InChI is InChI=1S/C46H67N5O13/c1-13-36-46(10,56)42-27(5)38(49-37(53)14-2)25(3)20-45(9,58-23-33(22-57-42)50-59-24-32-16-15-31(21-47-32)35-17-18-48-64-35)41(28(6)39(54)29(7)43(55)62-36)63-44-40(61-30(8)52)34(51(11)12)19-26(4)60-44/h15-18,21,25-26,28-29,34,36,40-42,44,56H,13-14,19-20,22-24H2,1-12H3,(H,49,53)/t25-,26-,28+,29-,34+,36-,40-,41-,42-,44+,45-,46-/m1/s1. The molecule has 18 nitrogen and oxygen atoms in total. The predicted molar refractivity (Wildman–Crippen MR) is 232 cm³/mol. The zero-order valence-corrected chi connectivity index (χ0v) is 39.2. The van der Waals surface area contributed by atoms with Crippen molar-refractivity contribution in [1.82, 2.24) is 20.4 Å². The van der Waals surface area contributed by atoms with Crippen LogP contribution in [-0.2, 0) is 59.0 Å². The number of rotatable bonds is 11. The van der Waals surface area contributed by atoms with Crippen LogP contribution in [0.5, 0.6) is 0 Å². The van der Waals surface area contributed by atoms with Gasteiger partial charge in [-0.3, -0.25) is 24.2 Å². The first-order chi connectivity index (χ1) is 30.2. The zero-order valence-electron chi connectivity index (χ0n) is 39.2. The lowest BCUT2D eigenvalue weighted by Crippen LogP contribution is -2.60. The van der Waals surface area contributed by atoms with Gasteiger partial charge in [0.1, 0.15) is 29.4 Å². The fourth-order valence-electron chi connectivity index (χ4n) is 9.00. The lowest BCUT2D eigenvalue weighted by atomic mass is 9.76. The molecule has 3 aliphatic rings. The molecule has 5 heterocycles. The number of Topliss-reactive ketones (excluding diaryl/α,β-unsaturated/α-hetero) is 1. The number of oxime groups is 1. The van der Waals surface area contributed by atoms with Crippen LogP contribution in [-0.4, -0.2) is 131 Å². The summed E-state index contributed by atoms with van der Waals surface area (Å²) in [5, 5.41) is 23.8. The summed E-state index contributed by atoms with van der Waals surface area (Å²) in [5.74, 6) is -4.56. The maximum absolute atomic E-state index is 14.7. The smallest absolute Gasteiger partial charge is 0.316 e. The van der Waals surface area contributed by atoms with Gasteiger partial charge in [0.2, 0.25) is 5.91 Å². The van der Waals surface area contributed by atoms with Gasteiger partial charge in [-0.2, -0.15) is 0 Å². The third-order valence-electron chi connectivity index (χ3n) is 12.5. The summed E-state index contributed by atoms with van der Waals surface area (Å²) in [6.45, 7) is 16.2. The molecule has 0 saturated carbocycles. The highest BCUT2D eigenvalue weighted by Crippen LogP contribution is 2.41. The van der Waals surface area contributed by atoms with Crippen molar-refractivity contribution in [3.05, 3.63) is 47.6 Å². The highest BCUT2D eigenvalue weighted by molar-refractivity contribution is 6.00. The van der Waals surface area contributed by atoms with Crippen molar-refractivity contribution in [3.8, 4) is 11.3 Å². The minimum atomic E-state index is -1.90. The Morgan fingerprint density at radius 3 is 2.42 bits per heavy atom. The van der Waals surface area contributed by atoms with E-state index >= 15 is 0 Å². The molecule has 5 rings (SSSR count). The molecular formula is C46H67N5O13. The maximum Gasteiger partial charge on any atom is 0.316 e. The molecule has 1 amide bonds. The van der Waals surface area contributed by atoms with Crippen molar-refractivity contribution in [3.63, 3.8) is 0 Å². The topological polar surface area (TPSA) is 220 Å². The summed E-state index contributed by atoms with van der Waals surface area (Å²) in [6.07, 6.45) is -1.88. The van der Waals surface area contributed by atoms with Gasteiger partial charge in [0.05, 0.1) is 49.0 Å². The highest BCUT2D eigenvalue weighted by Gasteiger charge is 2.52. The van der Waals surface area contributed by atoms with Gasteiger partial charge in [-0.05, 0) is 91.6 Å². The number of hydrogen-bond acceptors (Lipinski definition) is 17. The number of aliphatic hydroxyl groups is 1. The molecule has 0 spiro atoms. The Hall–Kier alpha value is -4.59. The summed E-state index contributed by atoms with van der Waals surface area (Å²) in [5.41, 5.74) is -0.895. The van der Waals surface area contributed by atoms with Crippen LogP contribution in [0, 0.1) is 17.8 Å². The molecule has 2 aromatic rings. The van der Waals surface area contributed by atoms with E-state index in [1.165, 1.54) is 20.8 Å². The second-order valence-corrected chi connectivity index (χ2v) is 17.9. The van der Waals surface area contributed by atoms with Gasteiger partial charge in [0.25, 0.3) is 0 Å². The molecule has 64 heavy (non-hydrogen) atoms. The minimum Gasteiger partial charge on any atom is -0.459 e. The van der Waals surface area contributed by atoms with Crippen molar-refractivity contribution in [2.75, 3.05) is 27.3 Å². The van der Waals surface area contributed by atoms with Gasteiger partial charge < -0.3 is 53.1 Å². The first-order valence-corrected chi connectivity index (χ1v) is 22.1. The van der Waals surface area contributed by atoms with E-state index < -0.39 is 77.4 Å². The number of hydrogen-bond donors (Lipinski definition) is 2. The number of pyridine rings is 1. The van der Waals surface area contributed by atoms with Crippen molar-refractivity contribution >= 4 is 29.3 Å². The van der Waals surface area contributed by atoms with E-state index in [1.807, 2.05) is 38.9 Å². The van der Waals surface area contributed by atoms with Crippen LogP contribution in [0.15, 0.2) is 51.5 Å². The SMILES string of the molecule is CCC(=O)NC1=C(C)[C@H]2OCC(=NOCc3ccc(-c4ccno4)cn3)CO[C@](C)(C[C@H]1C)[C@H](O[C@@H]1O[C@H](C)C[C@H](N(C)C)[C@H]1OC(C)=O)[C@@H](C)C(=O)[C@@H](C)C(=O)O[C@H](CC)[C@@]2(C)O. The number of carbonyl (C=O) groups is 4. The summed E-state index contributed by atoms with van der Waals surface area (Å²) >= 11 is 0. The zero-order chi connectivity index (χ0) is 47.1. The number of cyclic esters (lactones) is 1. The summed E-state index contributed by atoms with van der Waals surface area (Å²) in [4.78, 5) is 66.9. The molecular weight excluding hydrogens is 831 g/mol. The Morgan fingerprint density at radius 1 is 1.08 bits per heavy atom. The first kappa shape index (κ1) is 50.4. The van der Waals surface area contributed by atoms with E-state index in [0.29, 0.717) is 29.1 Å². The lowest BCUT2D eigenvalue weighted by Gasteiger charge is -2.48. The van der Waals surface area contributed by atoms with Gasteiger partial charge in [-0.25, -0.2) is 0 Å². The van der Waals surface area contributed by atoms with E-state index in [2.05, 4.69) is 20.6 Å². The number of fused-ring (bicyclic) bond motifs is 4. The first-order valence-electron chi connectivity index (χ1n) is 22.1. The van der Waals surface area contributed by atoms with E-state index in [1.54, 1.807) is 59.1 Å². The van der Waals surface area contributed by atoms with Crippen LogP contribution in [0.25, 0.3) is 11.3 Å². The van der Waals surface area contributed by atoms with E-state index in [0.717, 1.165) is 5.56 Å². The molecule has 0 aliphatic carbocycles. The summed E-state index contributed by atoms with van der Waals surface area (Å²) < 4.78 is 44.1. The monoisotopic (exact) mass is 897 g/mol. The quantitative estimate of drug-likeness (QED) is 0.174. The van der Waals surface area contributed by atoms with E-state index in [-0.39, 0.29) is 62.8 Å². The average Bonchev–Trinajstić information content (AvgIpc) is 3.79. The second-order valence-electron chi connectivity index (χ2n) is 17.9. The average molecular weight is 898 g/mol. The van der Waals surface area contributed by atoms with Crippen molar-refractivity contribution < 1.29 is 62.1 Å². The van der Waals surface area contributed by atoms with Gasteiger partial charge in [0.15, 0.2) is 30.5 Å². The fourth-order valence-corrected chi connectivity index (χ4v) is 9.00. The van der Waals surface area contributed by atoms with Crippen molar-refractivity contribution in [2.24, 2.45) is 22.9 Å². The molecule has 0 unspecified atom stereocenters. The van der Waals surface area contributed by atoms with Crippen LogP contribution in [0.3, 0.4) is 0 Å². The molecule has 0 radical (unpaired) electrons. The molecule has 354 valence electrons. The number of amides is 1. The Morgan fingerprint density at radius 2 is 1.81 bits per heavy atom. The van der Waals surface area contributed by atoms with Crippen LogP contribution in [0.2, 0.25) is 0 Å². The second kappa shape index (κ2) is 21.6. The predicted octanol–water partition coefficient (Wildman–Crippen LogP) is 4.92. The number of allylic oxidation sites excluding steroid dienone is 1. The van der Waals surface area contributed by atoms with E-state index in [4.69, 9.17) is 37.8 Å². The van der Waals surface area contributed by atoms with Crippen LogP contribution in [0.4, 0.5) is 0 Å². The molecule has 1 saturated heterocycles. The summed E-state index contributed by atoms with van der Waals surface area (Å²) in [7, 11) is 3.74. The van der Waals surface area contributed by atoms with Gasteiger partial charge in [-0.15, -0.1) is 0 Å². The van der Waals surface area contributed by atoms with Crippen LogP contribution in [0.1, 0.15) is 101 Å². The maximum atomic E-state index is 14.7. The molecule has 0 aromatic carbocycles. The van der Waals surface area contributed by atoms with Crippen molar-refractivity contribution in [2.45, 2.75) is 156 Å². The largest absolute Gasteiger partial charge is 0.459 e. The number of nitrogens with zero attached hydrogens (tertiary/aromatic N) is 4. The molecule has 2 bridgehead atoms. The molecule has 18 heteroatoms. The Labute approximate surface area is 375 Å². The number of carbonyl (C=O) groups excluding carboxylic acids is 4. The van der Waals surface area contributed by atoms with Gasteiger partial charge in [0, 0.05) is 42.8 Å². The number of likely N-dealkylation sites (N-methyl/N-ethyl adjacent to an activating group) is 1. The normalized spacial score (nSPS) is 34.1. The highest BCUT2D eigenvalue weighted by atomic mass is 16.7. The number of ether oxygens (including phenoxy) is 6. The molecule has 3 aliphatic heterocycles. The van der Waals surface area contributed by atoms with Gasteiger partial charge >= 0.3 is 11.9 Å². The molecule has 1 fully saturated rings. The Bertz CT molecular complexity index is 1990. The number of aromatic nitrogens is 2. The molecule has 12 atom stereocenters. The summed E-state index contributed by atoms with van der Waals surface area (Å²) in [6, 6.07) is 4.98. The van der Waals surface area contributed by atoms with Crippen molar-refractivity contribution in [1.29, 1.82) is 0 Å².